The number of hydrogen-bond acceptors (Lipinski definition) is 2. The highest BCUT2D eigenvalue weighted by Gasteiger charge is 2.43. The van der Waals surface area contributed by atoms with Crippen LogP contribution in [0.25, 0.3) is 0 Å². The summed E-state index contributed by atoms with van der Waals surface area (Å²) in [4.78, 5) is 0. The average molecular weight is 231 g/mol. The molecule has 2 heteroatoms. The smallest absolute Gasteiger partial charge is 0.122 e. The van der Waals surface area contributed by atoms with Crippen molar-refractivity contribution in [3.8, 4) is 5.75 Å². The zero-order chi connectivity index (χ0) is 11.7. The summed E-state index contributed by atoms with van der Waals surface area (Å²) >= 11 is 0. The lowest BCUT2D eigenvalue weighted by Crippen LogP contribution is -2.27. The maximum Gasteiger partial charge on any atom is 0.122 e. The number of ether oxygens (including phenoxy) is 1. The van der Waals surface area contributed by atoms with Gasteiger partial charge in [-0.25, -0.2) is 0 Å². The number of methoxy groups -OCH3 is 1. The summed E-state index contributed by atoms with van der Waals surface area (Å²) in [6.45, 7) is 1.19. The molecule has 1 aromatic rings. The van der Waals surface area contributed by atoms with Crippen LogP contribution >= 0.6 is 0 Å². The van der Waals surface area contributed by atoms with Crippen molar-refractivity contribution in [2.24, 2.45) is 5.41 Å². The Morgan fingerprint density at radius 1 is 1.29 bits per heavy atom. The Hall–Kier alpha value is -1.02. The molecular formula is C15H21NO. The average Bonchev–Trinajstić information content (AvgIpc) is 3.24. The zero-order valence-corrected chi connectivity index (χ0v) is 10.5. The highest BCUT2D eigenvalue weighted by atomic mass is 16.5. The van der Waals surface area contributed by atoms with Crippen LogP contribution in [0.2, 0.25) is 0 Å². The SMILES string of the molecule is COc1ccccc1CC1(CNC2CC2)CC1. The van der Waals surface area contributed by atoms with Gasteiger partial charge in [-0.15, -0.1) is 0 Å². The molecule has 0 spiro atoms. The molecule has 2 nitrogen and oxygen atoms in total. The van der Waals surface area contributed by atoms with Gasteiger partial charge < -0.3 is 10.1 Å². The summed E-state index contributed by atoms with van der Waals surface area (Å²) in [5.41, 5.74) is 1.89. The molecule has 0 aliphatic heterocycles. The van der Waals surface area contributed by atoms with Crippen LogP contribution in [0, 0.1) is 5.41 Å². The van der Waals surface area contributed by atoms with Gasteiger partial charge in [-0.05, 0) is 49.1 Å². The highest BCUT2D eigenvalue weighted by molar-refractivity contribution is 5.35. The fourth-order valence-electron chi connectivity index (χ4n) is 2.49. The van der Waals surface area contributed by atoms with Crippen LogP contribution < -0.4 is 10.1 Å². The van der Waals surface area contributed by atoms with Gasteiger partial charge in [0, 0.05) is 12.6 Å². The third-order valence-corrected chi connectivity index (χ3v) is 4.06. The molecule has 1 N–H and O–H groups in total. The van der Waals surface area contributed by atoms with Crippen molar-refractivity contribution in [1.29, 1.82) is 0 Å². The molecule has 2 aliphatic carbocycles. The molecule has 0 radical (unpaired) electrons. The van der Waals surface area contributed by atoms with E-state index in [1.807, 2.05) is 6.07 Å². The van der Waals surface area contributed by atoms with Crippen LogP contribution in [0.4, 0.5) is 0 Å². The maximum atomic E-state index is 5.44. The van der Waals surface area contributed by atoms with E-state index in [4.69, 9.17) is 4.74 Å². The summed E-state index contributed by atoms with van der Waals surface area (Å²) < 4.78 is 5.44. The van der Waals surface area contributed by atoms with Crippen LogP contribution in [0.1, 0.15) is 31.2 Å². The molecule has 0 atom stereocenters. The number of nitrogens with one attached hydrogen (secondary N) is 1. The number of hydrogen-bond donors (Lipinski definition) is 1. The standard InChI is InChI=1S/C15H21NO/c1-17-14-5-3-2-4-12(14)10-15(8-9-15)11-16-13-6-7-13/h2-5,13,16H,6-11H2,1H3. The molecule has 2 fully saturated rings. The molecule has 0 unspecified atom stereocenters. The Kier molecular flexibility index (Phi) is 2.83. The van der Waals surface area contributed by atoms with E-state index in [1.54, 1.807) is 7.11 Å². The van der Waals surface area contributed by atoms with E-state index in [9.17, 15) is 0 Å². The molecule has 2 saturated carbocycles. The normalized spacial score (nSPS) is 21.2. The van der Waals surface area contributed by atoms with Crippen molar-refractivity contribution in [3.63, 3.8) is 0 Å². The molecule has 0 aromatic heterocycles. The van der Waals surface area contributed by atoms with Crippen LogP contribution in [-0.4, -0.2) is 19.7 Å². The second kappa shape index (κ2) is 4.34. The van der Waals surface area contributed by atoms with Crippen molar-refractivity contribution in [2.45, 2.75) is 38.1 Å². The quantitative estimate of drug-likeness (QED) is 0.813. The topological polar surface area (TPSA) is 21.3 Å². The van der Waals surface area contributed by atoms with Gasteiger partial charge in [0.2, 0.25) is 0 Å². The highest BCUT2D eigenvalue weighted by Crippen LogP contribution is 2.49. The van der Waals surface area contributed by atoms with E-state index in [1.165, 1.54) is 37.8 Å². The van der Waals surface area contributed by atoms with Gasteiger partial charge in [-0.2, -0.15) is 0 Å². The zero-order valence-electron chi connectivity index (χ0n) is 10.5. The first-order chi connectivity index (χ1) is 8.31. The fourth-order valence-corrected chi connectivity index (χ4v) is 2.49. The predicted molar refractivity (Wildman–Crippen MR) is 69.4 cm³/mol. The van der Waals surface area contributed by atoms with Gasteiger partial charge in [0.05, 0.1) is 7.11 Å². The van der Waals surface area contributed by atoms with Crippen molar-refractivity contribution in [1.82, 2.24) is 5.32 Å². The molecule has 0 saturated heterocycles. The van der Waals surface area contributed by atoms with Gasteiger partial charge >= 0.3 is 0 Å². The van der Waals surface area contributed by atoms with E-state index in [0.29, 0.717) is 5.41 Å². The van der Waals surface area contributed by atoms with Crippen LogP contribution in [-0.2, 0) is 6.42 Å². The summed E-state index contributed by atoms with van der Waals surface area (Å²) in [5.74, 6) is 1.05. The Morgan fingerprint density at radius 3 is 2.71 bits per heavy atom. The van der Waals surface area contributed by atoms with Crippen LogP contribution in [0.15, 0.2) is 24.3 Å². The molecule has 0 amide bonds. The largest absolute Gasteiger partial charge is 0.496 e. The lowest BCUT2D eigenvalue weighted by atomic mass is 9.95. The maximum absolute atomic E-state index is 5.44. The van der Waals surface area contributed by atoms with Gasteiger partial charge in [0.25, 0.3) is 0 Å². The molecule has 0 bridgehead atoms. The minimum absolute atomic E-state index is 0.525. The number of rotatable bonds is 6. The Morgan fingerprint density at radius 2 is 2.06 bits per heavy atom. The second-order valence-electron chi connectivity index (χ2n) is 5.64. The summed E-state index contributed by atoms with van der Waals surface area (Å²) in [7, 11) is 1.76. The van der Waals surface area contributed by atoms with Gasteiger partial charge in [-0.1, -0.05) is 18.2 Å². The molecule has 2 aliphatic rings. The summed E-state index contributed by atoms with van der Waals surface area (Å²) in [6.07, 6.45) is 6.65. The molecule has 0 heterocycles. The Bertz CT molecular complexity index is 394. The van der Waals surface area contributed by atoms with Crippen molar-refractivity contribution in [2.75, 3.05) is 13.7 Å². The monoisotopic (exact) mass is 231 g/mol. The van der Waals surface area contributed by atoms with E-state index < -0.39 is 0 Å². The van der Waals surface area contributed by atoms with Crippen molar-refractivity contribution < 1.29 is 4.74 Å². The summed E-state index contributed by atoms with van der Waals surface area (Å²) in [5, 5.41) is 3.68. The Balaban J connectivity index is 1.64. The predicted octanol–water partition coefficient (Wildman–Crippen LogP) is 2.77. The van der Waals surface area contributed by atoms with Gasteiger partial charge in [0.1, 0.15) is 5.75 Å². The number of benzene rings is 1. The second-order valence-corrected chi connectivity index (χ2v) is 5.64. The van der Waals surface area contributed by atoms with E-state index in [2.05, 4.69) is 23.5 Å². The molecular weight excluding hydrogens is 210 g/mol. The van der Waals surface area contributed by atoms with E-state index in [0.717, 1.165) is 18.2 Å². The molecule has 92 valence electrons. The van der Waals surface area contributed by atoms with Crippen molar-refractivity contribution in [3.05, 3.63) is 29.8 Å². The fraction of sp³-hybridized carbons (Fsp3) is 0.600. The molecule has 3 rings (SSSR count). The first-order valence-electron chi connectivity index (χ1n) is 6.67. The minimum atomic E-state index is 0.525. The lowest BCUT2D eigenvalue weighted by Gasteiger charge is -2.17. The van der Waals surface area contributed by atoms with Crippen LogP contribution in [0.5, 0.6) is 5.75 Å². The third kappa shape index (κ3) is 2.63. The minimum Gasteiger partial charge on any atom is -0.496 e. The van der Waals surface area contributed by atoms with E-state index >= 15 is 0 Å². The van der Waals surface area contributed by atoms with Gasteiger partial charge in [-0.3, -0.25) is 0 Å². The van der Waals surface area contributed by atoms with Crippen molar-refractivity contribution >= 4 is 0 Å². The summed E-state index contributed by atoms with van der Waals surface area (Å²) in [6, 6.07) is 9.26. The lowest BCUT2D eigenvalue weighted by molar-refractivity contribution is 0.396. The molecule has 17 heavy (non-hydrogen) atoms. The first kappa shape index (κ1) is 11.1. The van der Waals surface area contributed by atoms with Crippen LogP contribution in [0.3, 0.4) is 0 Å². The van der Waals surface area contributed by atoms with E-state index in [-0.39, 0.29) is 0 Å². The number of para-hydroxylation sites is 1. The van der Waals surface area contributed by atoms with Gasteiger partial charge in [0.15, 0.2) is 0 Å². The third-order valence-electron chi connectivity index (χ3n) is 4.06. The molecule has 1 aromatic carbocycles. The first-order valence-corrected chi connectivity index (χ1v) is 6.67. The Labute approximate surface area is 103 Å².